The molecule has 0 fully saturated rings. The highest BCUT2D eigenvalue weighted by molar-refractivity contribution is 5.75. The Morgan fingerprint density at radius 1 is 1.10 bits per heavy atom. The van der Waals surface area contributed by atoms with Crippen molar-refractivity contribution in [3.63, 3.8) is 0 Å². The van der Waals surface area contributed by atoms with E-state index in [1.54, 1.807) is 0 Å². The lowest BCUT2D eigenvalue weighted by Crippen LogP contribution is -2.29. The zero-order valence-electron chi connectivity index (χ0n) is 11.2. The fourth-order valence-electron chi connectivity index (χ4n) is 2.93. The lowest BCUT2D eigenvalue weighted by molar-refractivity contribution is 0.510. The summed E-state index contributed by atoms with van der Waals surface area (Å²) in [6, 6.07) is 10.5. The molecular weight excluding hydrogens is 272 g/mol. The fraction of sp³-hybridized carbons (Fsp3) is 0.188. The van der Waals surface area contributed by atoms with E-state index in [4.69, 9.17) is 0 Å². The minimum atomic E-state index is -0.872. The van der Waals surface area contributed by atoms with Crippen LogP contribution in [0, 0.1) is 11.6 Å². The minimum Gasteiger partial charge on any atom is -0.341 e. The van der Waals surface area contributed by atoms with Gasteiger partial charge in [0.05, 0.1) is 17.0 Å². The van der Waals surface area contributed by atoms with E-state index in [0.29, 0.717) is 11.0 Å². The molecule has 0 amide bonds. The minimum absolute atomic E-state index is 0.0634. The third kappa shape index (κ3) is 2.01. The van der Waals surface area contributed by atoms with Crippen LogP contribution in [0.1, 0.15) is 22.9 Å². The van der Waals surface area contributed by atoms with Gasteiger partial charge in [0, 0.05) is 25.2 Å². The van der Waals surface area contributed by atoms with Gasteiger partial charge in [-0.05, 0) is 11.1 Å². The number of nitrogens with zero attached hydrogens (tertiary/aromatic N) is 1. The second-order valence-corrected chi connectivity index (χ2v) is 5.29. The van der Waals surface area contributed by atoms with E-state index < -0.39 is 11.6 Å². The van der Waals surface area contributed by atoms with Crippen molar-refractivity contribution in [1.29, 1.82) is 0 Å². The van der Waals surface area contributed by atoms with Gasteiger partial charge in [0.15, 0.2) is 11.6 Å². The summed E-state index contributed by atoms with van der Waals surface area (Å²) in [5.41, 5.74) is 3.40. The second kappa shape index (κ2) is 4.63. The number of fused-ring (bicyclic) bond motifs is 2. The van der Waals surface area contributed by atoms with Crippen LogP contribution in [-0.4, -0.2) is 16.5 Å². The van der Waals surface area contributed by atoms with Gasteiger partial charge in [-0.25, -0.2) is 13.8 Å². The molecule has 1 unspecified atom stereocenters. The molecule has 106 valence electrons. The SMILES string of the molecule is Fc1cc2nc(C3CNCc4ccccc43)[nH]c2cc1F. The maximum absolute atomic E-state index is 13.3. The molecule has 2 aromatic carbocycles. The molecule has 0 spiro atoms. The average molecular weight is 285 g/mol. The fourth-order valence-corrected chi connectivity index (χ4v) is 2.93. The standard InChI is InChI=1S/C16H13F2N3/c17-12-5-14-15(6-13(12)18)21-16(20-14)11-8-19-7-9-3-1-2-4-10(9)11/h1-6,11,19H,7-8H2,(H,20,21). The van der Waals surface area contributed by atoms with Crippen molar-refractivity contribution in [2.24, 2.45) is 0 Å². The van der Waals surface area contributed by atoms with E-state index in [1.165, 1.54) is 11.1 Å². The van der Waals surface area contributed by atoms with E-state index in [1.807, 2.05) is 12.1 Å². The quantitative estimate of drug-likeness (QED) is 0.721. The molecule has 0 aliphatic carbocycles. The Hall–Kier alpha value is -2.27. The van der Waals surface area contributed by atoms with Crippen molar-refractivity contribution in [2.45, 2.75) is 12.5 Å². The maximum atomic E-state index is 13.3. The summed E-state index contributed by atoms with van der Waals surface area (Å²) in [6.07, 6.45) is 0. The summed E-state index contributed by atoms with van der Waals surface area (Å²) in [7, 11) is 0. The van der Waals surface area contributed by atoms with E-state index >= 15 is 0 Å². The van der Waals surface area contributed by atoms with Gasteiger partial charge >= 0.3 is 0 Å². The van der Waals surface area contributed by atoms with Gasteiger partial charge in [0.1, 0.15) is 5.82 Å². The van der Waals surface area contributed by atoms with Gasteiger partial charge in [-0.1, -0.05) is 24.3 Å². The molecule has 1 aromatic heterocycles. The Morgan fingerprint density at radius 2 is 1.90 bits per heavy atom. The van der Waals surface area contributed by atoms with Gasteiger partial charge in [-0.2, -0.15) is 0 Å². The van der Waals surface area contributed by atoms with Crippen molar-refractivity contribution in [1.82, 2.24) is 15.3 Å². The largest absolute Gasteiger partial charge is 0.341 e. The van der Waals surface area contributed by atoms with Crippen LogP contribution in [0.2, 0.25) is 0 Å². The normalized spacial score (nSPS) is 17.9. The lowest BCUT2D eigenvalue weighted by Gasteiger charge is -2.24. The summed E-state index contributed by atoms with van der Waals surface area (Å²) < 4.78 is 26.6. The molecule has 21 heavy (non-hydrogen) atoms. The zero-order chi connectivity index (χ0) is 14.4. The molecule has 0 saturated heterocycles. The van der Waals surface area contributed by atoms with E-state index in [0.717, 1.165) is 31.0 Å². The molecular formula is C16H13F2N3. The van der Waals surface area contributed by atoms with Crippen molar-refractivity contribution < 1.29 is 8.78 Å². The van der Waals surface area contributed by atoms with Crippen LogP contribution >= 0.6 is 0 Å². The number of H-pyrrole nitrogens is 1. The highest BCUT2D eigenvalue weighted by Gasteiger charge is 2.24. The van der Waals surface area contributed by atoms with Crippen LogP contribution in [0.4, 0.5) is 8.78 Å². The molecule has 0 saturated carbocycles. The van der Waals surface area contributed by atoms with Crippen molar-refractivity contribution in [2.75, 3.05) is 6.54 Å². The molecule has 1 atom stereocenters. The summed E-state index contributed by atoms with van der Waals surface area (Å²) in [5, 5.41) is 3.35. The Morgan fingerprint density at radius 3 is 2.81 bits per heavy atom. The Bertz CT molecular complexity index is 787. The first kappa shape index (κ1) is 12.5. The first-order valence-corrected chi connectivity index (χ1v) is 6.85. The predicted molar refractivity (Wildman–Crippen MR) is 76.0 cm³/mol. The highest BCUT2D eigenvalue weighted by atomic mass is 19.2. The summed E-state index contributed by atoms with van der Waals surface area (Å²) in [6.45, 7) is 1.58. The molecule has 3 aromatic rings. The first-order valence-electron chi connectivity index (χ1n) is 6.85. The zero-order valence-corrected chi connectivity index (χ0v) is 11.2. The van der Waals surface area contributed by atoms with Crippen molar-refractivity contribution in [3.05, 3.63) is 65.0 Å². The predicted octanol–water partition coefficient (Wildman–Crippen LogP) is 3.08. The van der Waals surface area contributed by atoms with Crippen molar-refractivity contribution >= 4 is 11.0 Å². The molecule has 2 N–H and O–H groups in total. The Balaban J connectivity index is 1.84. The Kier molecular flexibility index (Phi) is 2.75. The molecule has 5 heteroatoms. The number of nitrogens with one attached hydrogen (secondary N) is 2. The molecule has 0 bridgehead atoms. The number of benzene rings is 2. The van der Waals surface area contributed by atoms with Crippen LogP contribution in [0.3, 0.4) is 0 Å². The summed E-state index contributed by atoms with van der Waals surface area (Å²) >= 11 is 0. The van der Waals surface area contributed by atoms with Gasteiger partial charge in [0.2, 0.25) is 0 Å². The highest BCUT2D eigenvalue weighted by Crippen LogP contribution is 2.30. The van der Waals surface area contributed by atoms with Gasteiger partial charge in [-0.3, -0.25) is 0 Å². The molecule has 1 aliphatic heterocycles. The maximum Gasteiger partial charge on any atom is 0.161 e. The van der Waals surface area contributed by atoms with Crippen LogP contribution in [0.25, 0.3) is 11.0 Å². The Labute approximate surface area is 120 Å². The third-order valence-corrected chi connectivity index (χ3v) is 3.97. The van der Waals surface area contributed by atoms with Crippen LogP contribution in [0.15, 0.2) is 36.4 Å². The number of aromatic amines is 1. The van der Waals surface area contributed by atoms with Gasteiger partial charge in [-0.15, -0.1) is 0 Å². The van der Waals surface area contributed by atoms with Crippen LogP contribution in [-0.2, 0) is 6.54 Å². The number of imidazole rings is 1. The topological polar surface area (TPSA) is 40.7 Å². The molecule has 1 aliphatic rings. The first-order chi connectivity index (χ1) is 10.2. The summed E-state index contributed by atoms with van der Waals surface area (Å²) in [5.74, 6) is -0.939. The second-order valence-electron chi connectivity index (χ2n) is 5.29. The average Bonchev–Trinajstić information content (AvgIpc) is 2.90. The molecule has 0 radical (unpaired) electrons. The number of halogens is 2. The van der Waals surface area contributed by atoms with Crippen LogP contribution < -0.4 is 5.32 Å². The monoisotopic (exact) mass is 285 g/mol. The number of aromatic nitrogens is 2. The number of hydrogen-bond acceptors (Lipinski definition) is 2. The van der Waals surface area contributed by atoms with E-state index in [-0.39, 0.29) is 5.92 Å². The number of rotatable bonds is 1. The molecule has 3 nitrogen and oxygen atoms in total. The van der Waals surface area contributed by atoms with E-state index in [2.05, 4.69) is 27.4 Å². The molecule has 2 heterocycles. The smallest absolute Gasteiger partial charge is 0.161 e. The van der Waals surface area contributed by atoms with Gasteiger partial charge in [0.25, 0.3) is 0 Å². The van der Waals surface area contributed by atoms with Gasteiger partial charge < -0.3 is 10.3 Å². The van der Waals surface area contributed by atoms with E-state index in [9.17, 15) is 8.78 Å². The van der Waals surface area contributed by atoms with Crippen LogP contribution in [0.5, 0.6) is 0 Å². The number of hydrogen-bond donors (Lipinski definition) is 2. The lowest BCUT2D eigenvalue weighted by atomic mass is 9.90. The summed E-state index contributed by atoms with van der Waals surface area (Å²) in [4.78, 5) is 7.55. The third-order valence-electron chi connectivity index (χ3n) is 3.97. The molecule has 4 rings (SSSR count). The van der Waals surface area contributed by atoms with Crippen molar-refractivity contribution in [3.8, 4) is 0 Å².